The average Bonchev–Trinajstić information content (AvgIpc) is 3.86. The van der Waals surface area contributed by atoms with Gasteiger partial charge in [0, 0.05) is 54.3 Å². The van der Waals surface area contributed by atoms with Crippen molar-refractivity contribution in [2.24, 2.45) is 63.2 Å². The van der Waals surface area contributed by atoms with E-state index in [9.17, 15) is 4.79 Å². The highest BCUT2D eigenvalue weighted by Crippen LogP contribution is 2.45. The summed E-state index contributed by atoms with van der Waals surface area (Å²) in [6.45, 7) is 66.6. The standard InChI is InChI=1S/C10H20N2O.2C10H20.C9H16N2.C8H17N.C8H16O.C8H16.C7H14/c1-8-6-7-11(5)9(13)12(8)10(2,3)4;2*1-10(2,3)9-7-5-4-6-8-9;1-7-6-8(9(2,3)4)10-11(7)5;1-8(2,3)9-6-4-5-7-9;1-7(2,3)8(4)5-9-6-8;1-8(2,3)7-5-4-6-7;1-7(2,3)6-4-5-6/h8H,6-7H2,1-5H3;2*9H,4-8H2,1-3H3;6H,1-5H3;4-7H2,1-3H3;5-6H2,1-4H3;7H,4-6H2,1-3H3;6H,4-5H2,1-3H3/t8-;;;;;;;/m0......./s1. The summed E-state index contributed by atoms with van der Waals surface area (Å²) in [5.41, 5.74) is 6.10. The molecule has 2 amide bonds. The molecule has 7 aliphatic rings. The fourth-order valence-electron chi connectivity index (χ4n) is 11.2. The topological polar surface area (TPSA) is 53.8 Å². The lowest BCUT2D eigenvalue weighted by Gasteiger charge is -2.48. The molecule has 8 rings (SSSR count). The van der Waals surface area contributed by atoms with Gasteiger partial charge in [0.05, 0.1) is 18.9 Å². The molecule has 3 aliphatic heterocycles. The molecule has 4 saturated carbocycles. The summed E-state index contributed by atoms with van der Waals surface area (Å²) in [4.78, 5) is 18.1. The Morgan fingerprint density at radius 3 is 1.01 bits per heavy atom. The van der Waals surface area contributed by atoms with Gasteiger partial charge >= 0.3 is 6.03 Å². The van der Waals surface area contributed by atoms with E-state index in [1.54, 1.807) is 4.90 Å². The molecule has 1 aromatic rings. The lowest BCUT2D eigenvalue weighted by atomic mass is 9.67. The molecule has 0 aromatic carbocycles. The summed E-state index contributed by atoms with van der Waals surface area (Å²) < 4.78 is 7.08. The van der Waals surface area contributed by atoms with Gasteiger partial charge in [-0.2, -0.15) is 5.10 Å². The van der Waals surface area contributed by atoms with Crippen LogP contribution >= 0.6 is 0 Å². The lowest BCUT2D eigenvalue weighted by Crippen LogP contribution is -2.59. The number of urea groups is 1. The Balaban J connectivity index is 0.000000442. The monoisotopic (exact) mass is 1080 g/mol. The van der Waals surface area contributed by atoms with Crippen molar-refractivity contribution in [2.75, 3.05) is 39.9 Å². The van der Waals surface area contributed by atoms with E-state index in [0.29, 0.717) is 44.1 Å². The third-order valence-corrected chi connectivity index (χ3v) is 19.0. The largest absolute Gasteiger partial charge is 0.380 e. The van der Waals surface area contributed by atoms with Crippen LogP contribution in [0.1, 0.15) is 307 Å². The van der Waals surface area contributed by atoms with E-state index in [2.05, 4.69) is 203 Å². The first kappa shape index (κ1) is 73.4. The summed E-state index contributed by atoms with van der Waals surface area (Å²) >= 11 is 0. The Kier molecular flexibility index (Phi) is 29.2. The molecular weight excluding hydrogens is 943 g/mol. The molecule has 77 heavy (non-hydrogen) atoms. The highest BCUT2D eigenvalue weighted by atomic mass is 16.5. The van der Waals surface area contributed by atoms with Crippen LogP contribution in [0.3, 0.4) is 0 Å². The first-order valence-electron chi connectivity index (χ1n) is 32.1. The van der Waals surface area contributed by atoms with Gasteiger partial charge in [-0.3, -0.25) is 9.58 Å². The number of rotatable bonds is 0. The van der Waals surface area contributed by atoms with Crippen LogP contribution < -0.4 is 0 Å². The summed E-state index contributed by atoms with van der Waals surface area (Å²) in [5.74, 6) is 4.08. The number of likely N-dealkylation sites (tertiary alicyclic amines) is 1. The van der Waals surface area contributed by atoms with Crippen LogP contribution in [0, 0.1) is 63.1 Å². The van der Waals surface area contributed by atoms with Gasteiger partial charge in [0.2, 0.25) is 0 Å². The molecule has 7 heteroatoms. The quantitative estimate of drug-likeness (QED) is 0.260. The number of aromatic nitrogens is 2. The molecule has 1 aromatic heterocycles. The molecule has 4 aliphatic carbocycles. The van der Waals surface area contributed by atoms with Crippen molar-refractivity contribution in [3.8, 4) is 0 Å². The van der Waals surface area contributed by atoms with Crippen molar-refractivity contribution in [1.29, 1.82) is 0 Å². The summed E-state index contributed by atoms with van der Waals surface area (Å²) in [6.07, 6.45) is 26.0. The SMILES string of the molecule is CC(C)(C)C1(C)COC1.CC(C)(C)C1CC1.CC(C)(C)C1CCC1.CC(C)(C)C1CCCCC1.CC(C)(C)C1CCCCC1.CC(C)(C)N1CCCC1.C[C@H]1CCN(C)C(=O)N1C(C)(C)C.Cc1cc(C(C)(C)C)nn1C. The van der Waals surface area contributed by atoms with Crippen LogP contribution in [0.5, 0.6) is 0 Å². The maximum atomic E-state index is 11.8. The zero-order valence-electron chi connectivity index (χ0n) is 57.8. The molecule has 7 fully saturated rings. The van der Waals surface area contributed by atoms with E-state index >= 15 is 0 Å². The number of amides is 2. The first-order valence-corrected chi connectivity index (χ1v) is 32.1. The zero-order chi connectivity index (χ0) is 59.8. The van der Waals surface area contributed by atoms with Crippen LogP contribution in [0.2, 0.25) is 0 Å². The Hall–Kier alpha value is -1.60. The van der Waals surface area contributed by atoms with Crippen molar-refractivity contribution in [3.63, 3.8) is 0 Å². The molecule has 7 nitrogen and oxygen atoms in total. The minimum atomic E-state index is -0.0643. The van der Waals surface area contributed by atoms with E-state index < -0.39 is 0 Å². The maximum absolute atomic E-state index is 11.8. The molecule has 0 unspecified atom stereocenters. The molecule has 456 valence electrons. The molecule has 0 spiro atoms. The van der Waals surface area contributed by atoms with Gasteiger partial charge in [-0.05, 0) is 196 Å². The van der Waals surface area contributed by atoms with Crippen LogP contribution in [0.4, 0.5) is 4.79 Å². The van der Waals surface area contributed by atoms with Gasteiger partial charge in [-0.15, -0.1) is 0 Å². The second kappa shape index (κ2) is 30.6. The maximum Gasteiger partial charge on any atom is 0.320 e. The second-order valence-electron chi connectivity index (χ2n) is 34.1. The molecular formula is C70H139N5O2. The fourth-order valence-corrected chi connectivity index (χ4v) is 11.2. The third kappa shape index (κ3) is 27.8. The number of nitrogens with zero attached hydrogens (tertiary/aromatic N) is 5. The van der Waals surface area contributed by atoms with Crippen LogP contribution in [0.25, 0.3) is 0 Å². The second-order valence-corrected chi connectivity index (χ2v) is 34.1. The van der Waals surface area contributed by atoms with Crippen molar-refractivity contribution < 1.29 is 9.53 Å². The predicted octanol–water partition coefficient (Wildman–Crippen LogP) is 20.4. The molecule has 0 bridgehead atoms. The number of carbonyl (C=O) groups is 1. The van der Waals surface area contributed by atoms with Gasteiger partial charge in [0.15, 0.2) is 0 Å². The molecule has 0 radical (unpaired) electrons. The number of aryl methyl sites for hydroxylation is 2. The molecule has 0 N–H and O–H groups in total. The Bertz CT molecular complexity index is 1690. The molecule has 3 saturated heterocycles. The number of ether oxygens (including phenoxy) is 1. The van der Waals surface area contributed by atoms with Crippen LogP contribution in [-0.4, -0.2) is 87.5 Å². The van der Waals surface area contributed by atoms with Gasteiger partial charge < -0.3 is 14.5 Å². The average molecular weight is 1080 g/mol. The van der Waals surface area contributed by atoms with Crippen molar-refractivity contribution in [2.45, 2.75) is 325 Å². The summed E-state index contributed by atoms with van der Waals surface area (Å²) in [7, 11) is 3.84. The van der Waals surface area contributed by atoms with Gasteiger partial charge in [0.1, 0.15) is 0 Å². The number of hydrogen-bond donors (Lipinski definition) is 0. The summed E-state index contributed by atoms with van der Waals surface area (Å²) in [6, 6.07) is 2.66. The van der Waals surface area contributed by atoms with E-state index in [4.69, 9.17) is 4.74 Å². The molecule has 1 atom stereocenters. The van der Waals surface area contributed by atoms with E-state index in [-0.39, 0.29) is 17.0 Å². The van der Waals surface area contributed by atoms with Gasteiger partial charge in [0.25, 0.3) is 0 Å². The number of carbonyl (C=O) groups excluding carboxylic acids is 1. The normalized spacial score (nSPS) is 22.1. The van der Waals surface area contributed by atoms with Crippen molar-refractivity contribution >= 4 is 6.03 Å². The van der Waals surface area contributed by atoms with E-state index in [0.717, 1.165) is 55.5 Å². The fraction of sp³-hybridized carbons (Fsp3) is 0.943. The first-order chi connectivity index (χ1) is 34.7. The third-order valence-electron chi connectivity index (χ3n) is 19.0. The zero-order valence-corrected chi connectivity index (χ0v) is 57.8. The summed E-state index contributed by atoms with van der Waals surface area (Å²) in [5, 5.41) is 4.40. The smallest absolute Gasteiger partial charge is 0.320 e. The van der Waals surface area contributed by atoms with Crippen molar-refractivity contribution in [3.05, 3.63) is 17.5 Å². The van der Waals surface area contributed by atoms with E-state index in [1.165, 1.54) is 128 Å². The van der Waals surface area contributed by atoms with Crippen LogP contribution in [-0.2, 0) is 17.2 Å². The minimum absolute atomic E-state index is 0.0643. The highest BCUT2D eigenvalue weighted by Gasteiger charge is 2.44. The van der Waals surface area contributed by atoms with Crippen LogP contribution in [0.15, 0.2) is 6.07 Å². The Morgan fingerprint density at radius 2 is 0.857 bits per heavy atom. The van der Waals surface area contributed by atoms with Gasteiger partial charge in [-0.25, -0.2) is 4.79 Å². The molecule has 4 heterocycles. The Labute approximate surface area is 483 Å². The predicted molar refractivity (Wildman–Crippen MR) is 340 cm³/mol. The Morgan fingerprint density at radius 1 is 0.494 bits per heavy atom. The number of hydrogen-bond acceptors (Lipinski definition) is 4. The van der Waals surface area contributed by atoms with Crippen molar-refractivity contribution in [1.82, 2.24) is 24.5 Å². The van der Waals surface area contributed by atoms with Gasteiger partial charge in [-0.1, -0.05) is 176 Å². The lowest BCUT2D eigenvalue weighted by molar-refractivity contribution is -0.158. The van der Waals surface area contributed by atoms with E-state index in [1.807, 2.05) is 23.7 Å². The minimum Gasteiger partial charge on any atom is -0.380 e. The highest BCUT2D eigenvalue weighted by molar-refractivity contribution is 5.76.